The van der Waals surface area contributed by atoms with Crippen LogP contribution in [0.1, 0.15) is 13.3 Å². The number of nitrogens with two attached hydrogens (primary N) is 1. The molecule has 0 aromatic rings. The molecule has 0 aromatic carbocycles. The maximum Gasteiger partial charge on any atom is 0.0101 e. The van der Waals surface area contributed by atoms with Crippen molar-refractivity contribution < 1.29 is 0 Å². The molecule has 0 aliphatic heterocycles. The lowest BCUT2D eigenvalue weighted by atomic mass is 10.2. The molecular weight excluding hydrogens is 138 g/mol. The molecule has 0 amide bonds. The Balaban J connectivity index is 3.10. The minimum atomic E-state index is 0.556. The second-order valence-electron chi connectivity index (χ2n) is 3.24. The predicted octanol–water partition coefficient (Wildman–Crippen LogP) is -0.125. The van der Waals surface area contributed by atoms with Crippen molar-refractivity contribution in [1.82, 2.24) is 10.2 Å². The van der Waals surface area contributed by atoms with Gasteiger partial charge >= 0.3 is 0 Å². The van der Waals surface area contributed by atoms with E-state index >= 15 is 0 Å². The van der Waals surface area contributed by atoms with E-state index in [2.05, 4.69) is 31.2 Å². The lowest BCUT2D eigenvalue weighted by Crippen LogP contribution is -2.34. The molecule has 0 bridgehead atoms. The van der Waals surface area contributed by atoms with E-state index < -0.39 is 0 Å². The van der Waals surface area contributed by atoms with Gasteiger partial charge in [-0.2, -0.15) is 0 Å². The molecule has 0 aromatic heterocycles. The number of hydrogen-bond acceptors (Lipinski definition) is 3. The van der Waals surface area contributed by atoms with Gasteiger partial charge in [-0.1, -0.05) is 0 Å². The molecule has 3 N–H and O–H groups in total. The average Bonchev–Trinajstić information content (AvgIpc) is 1.87. The standard InChI is InChI=1S/C8H21N3/c1-8(4-5-9)10-6-7-11(2)3/h8,10H,4-7,9H2,1-3H3. The smallest absolute Gasteiger partial charge is 0.0101 e. The first-order valence-electron chi connectivity index (χ1n) is 4.25. The van der Waals surface area contributed by atoms with Crippen LogP contribution in [0.2, 0.25) is 0 Å². The van der Waals surface area contributed by atoms with Crippen LogP contribution in [0.25, 0.3) is 0 Å². The summed E-state index contributed by atoms with van der Waals surface area (Å²) in [5.41, 5.74) is 5.41. The Morgan fingerprint density at radius 3 is 2.55 bits per heavy atom. The highest BCUT2D eigenvalue weighted by atomic mass is 15.1. The summed E-state index contributed by atoms with van der Waals surface area (Å²) in [6.45, 7) is 5.09. The molecule has 0 rings (SSSR count). The normalized spacial score (nSPS) is 13.9. The topological polar surface area (TPSA) is 41.3 Å². The number of nitrogens with one attached hydrogen (secondary N) is 1. The summed E-state index contributed by atoms with van der Waals surface area (Å²) in [4.78, 5) is 2.17. The highest BCUT2D eigenvalue weighted by molar-refractivity contribution is 4.61. The summed E-state index contributed by atoms with van der Waals surface area (Å²) in [6.07, 6.45) is 1.06. The number of nitrogens with zero attached hydrogens (tertiary/aromatic N) is 1. The van der Waals surface area contributed by atoms with Crippen molar-refractivity contribution >= 4 is 0 Å². The molecule has 1 unspecified atom stereocenters. The minimum Gasteiger partial charge on any atom is -0.330 e. The molecule has 0 aliphatic rings. The maximum absolute atomic E-state index is 5.41. The van der Waals surface area contributed by atoms with Gasteiger partial charge in [-0.25, -0.2) is 0 Å². The van der Waals surface area contributed by atoms with E-state index in [0.717, 1.165) is 26.1 Å². The largest absolute Gasteiger partial charge is 0.330 e. The number of likely N-dealkylation sites (N-methyl/N-ethyl adjacent to an activating group) is 1. The van der Waals surface area contributed by atoms with E-state index in [4.69, 9.17) is 5.73 Å². The van der Waals surface area contributed by atoms with Crippen LogP contribution in [0, 0.1) is 0 Å². The summed E-state index contributed by atoms with van der Waals surface area (Å²) in [7, 11) is 4.16. The lowest BCUT2D eigenvalue weighted by Gasteiger charge is -2.14. The first-order valence-corrected chi connectivity index (χ1v) is 4.25. The second-order valence-corrected chi connectivity index (χ2v) is 3.24. The molecule has 0 radical (unpaired) electrons. The first kappa shape index (κ1) is 10.9. The molecular formula is C8H21N3. The van der Waals surface area contributed by atoms with Gasteiger partial charge in [-0.05, 0) is 34.0 Å². The van der Waals surface area contributed by atoms with Crippen molar-refractivity contribution in [3.63, 3.8) is 0 Å². The Labute approximate surface area is 69.9 Å². The van der Waals surface area contributed by atoms with Crippen molar-refractivity contribution in [2.75, 3.05) is 33.7 Å². The van der Waals surface area contributed by atoms with E-state index in [1.54, 1.807) is 0 Å². The van der Waals surface area contributed by atoms with E-state index in [-0.39, 0.29) is 0 Å². The van der Waals surface area contributed by atoms with Crippen LogP contribution in [0.5, 0.6) is 0 Å². The van der Waals surface area contributed by atoms with Crippen LogP contribution in [0.15, 0.2) is 0 Å². The van der Waals surface area contributed by atoms with Crippen molar-refractivity contribution in [2.45, 2.75) is 19.4 Å². The fourth-order valence-corrected chi connectivity index (χ4v) is 0.887. The van der Waals surface area contributed by atoms with Crippen LogP contribution >= 0.6 is 0 Å². The minimum absolute atomic E-state index is 0.556. The second kappa shape index (κ2) is 6.58. The monoisotopic (exact) mass is 159 g/mol. The van der Waals surface area contributed by atoms with Gasteiger partial charge in [0.05, 0.1) is 0 Å². The van der Waals surface area contributed by atoms with E-state index in [0.29, 0.717) is 6.04 Å². The third-order valence-electron chi connectivity index (χ3n) is 1.65. The van der Waals surface area contributed by atoms with Crippen LogP contribution in [-0.4, -0.2) is 44.7 Å². The van der Waals surface area contributed by atoms with E-state index in [1.165, 1.54) is 0 Å². The Morgan fingerprint density at radius 2 is 2.09 bits per heavy atom. The van der Waals surface area contributed by atoms with E-state index in [1.807, 2.05) is 0 Å². The SMILES string of the molecule is CC(CCN)NCCN(C)C. The predicted molar refractivity (Wildman–Crippen MR) is 49.7 cm³/mol. The lowest BCUT2D eigenvalue weighted by molar-refractivity contribution is 0.384. The van der Waals surface area contributed by atoms with Gasteiger partial charge in [0.15, 0.2) is 0 Å². The molecule has 0 saturated carbocycles. The van der Waals surface area contributed by atoms with Gasteiger partial charge in [0, 0.05) is 19.1 Å². The molecule has 0 heterocycles. The Kier molecular flexibility index (Phi) is 6.51. The Bertz CT molecular complexity index is 83.4. The third-order valence-corrected chi connectivity index (χ3v) is 1.65. The van der Waals surface area contributed by atoms with Crippen molar-refractivity contribution in [3.05, 3.63) is 0 Å². The maximum atomic E-state index is 5.41. The summed E-state index contributed by atoms with van der Waals surface area (Å²) < 4.78 is 0. The molecule has 68 valence electrons. The average molecular weight is 159 g/mol. The van der Waals surface area contributed by atoms with Gasteiger partial charge in [0.1, 0.15) is 0 Å². The zero-order valence-corrected chi connectivity index (χ0v) is 7.93. The first-order chi connectivity index (χ1) is 5.16. The quantitative estimate of drug-likeness (QED) is 0.567. The van der Waals surface area contributed by atoms with Gasteiger partial charge in [-0.3, -0.25) is 0 Å². The fourth-order valence-electron chi connectivity index (χ4n) is 0.887. The summed E-state index contributed by atoms with van der Waals surface area (Å²) in [6, 6.07) is 0.556. The zero-order chi connectivity index (χ0) is 8.69. The van der Waals surface area contributed by atoms with Gasteiger partial charge in [0.2, 0.25) is 0 Å². The summed E-state index contributed by atoms with van der Waals surface area (Å²) >= 11 is 0. The van der Waals surface area contributed by atoms with Crippen molar-refractivity contribution in [1.29, 1.82) is 0 Å². The van der Waals surface area contributed by atoms with Gasteiger partial charge in [-0.15, -0.1) is 0 Å². The van der Waals surface area contributed by atoms with E-state index in [9.17, 15) is 0 Å². The van der Waals surface area contributed by atoms with Crippen LogP contribution < -0.4 is 11.1 Å². The molecule has 1 atom stereocenters. The molecule has 11 heavy (non-hydrogen) atoms. The summed E-state index contributed by atoms with van der Waals surface area (Å²) in [5, 5.41) is 3.39. The van der Waals surface area contributed by atoms with Crippen molar-refractivity contribution in [2.24, 2.45) is 5.73 Å². The Hall–Kier alpha value is -0.120. The highest BCUT2D eigenvalue weighted by Crippen LogP contribution is 1.85. The molecule has 3 heteroatoms. The Morgan fingerprint density at radius 1 is 1.45 bits per heavy atom. The van der Waals surface area contributed by atoms with Gasteiger partial charge in [0.25, 0.3) is 0 Å². The van der Waals surface area contributed by atoms with Gasteiger partial charge < -0.3 is 16.0 Å². The summed E-state index contributed by atoms with van der Waals surface area (Å²) in [5.74, 6) is 0. The number of hydrogen-bond donors (Lipinski definition) is 2. The molecule has 3 nitrogen and oxygen atoms in total. The highest BCUT2D eigenvalue weighted by Gasteiger charge is 1.98. The molecule has 0 saturated heterocycles. The van der Waals surface area contributed by atoms with Crippen LogP contribution in [0.3, 0.4) is 0 Å². The molecule has 0 fully saturated rings. The van der Waals surface area contributed by atoms with Crippen LogP contribution in [0.4, 0.5) is 0 Å². The van der Waals surface area contributed by atoms with Crippen LogP contribution in [-0.2, 0) is 0 Å². The van der Waals surface area contributed by atoms with Crippen molar-refractivity contribution in [3.8, 4) is 0 Å². The molecule has 0 aliphatic carbocycles. The zero-order valence-electron chi connectivity index (χ0n) is 7.93. The molecule has 0 spiro atoms. The third kappa shape index (κ3) is 7.78. The fraction of sp³-hybridized carbons (Fsp3) is 1.00. The number of rotatable bonds is 6.